The Balaban J connectivity index is 2.39. The molecule has 0 saturated carbocycles. The Kier molecular flexibility index (Phi) is 4.52. The van der Waals surface area contributed by atoms with Crippen LogP contribution in [0.5, 0.6) is 0 Å². The number of hydrogen-bond donors (Lipinski definition) is 0. The molecular formula is C16H16N4O. The van der Waals surface area contributed by atoms with Gasteiger partial charge in [0.2, 0.25) is 0 Å². The van der Waals surface area contributed by atoms with E-state index in [-0.39, 0.29) is 11.1 Å². The van der Waals surface area contributed by atoms with E-state index in [0.29, 0.717) is 12.2 Å². The van der Waals surface area contributed by atoms with Gasteiger partial charge in [-0.15, -0.1) is 0 Å². The van der Waals surface area contributed by atoms with Crippen molar-refractivity contribution in [2.45, 2.75) is 6.54 Å². The van der Waals surface area contributed by atoms with Crippen LogP contribution in [-0.4, -0.2) is 28.5 Å². The van der Waals surface area contributed by atoms with Gasteiger partial charge in [0.15, 0.2) is 0 Å². The average molecular weight is 280 g/mol. The van der Waals surface area contributed by atoms with Crippen LogP contribution < -0.4 is 5.56 Å². The first-order chi connectivity index (χ1) is 10.1. The number of rotatable bonds is 4. The molecule has 0 spiro atoms. The van der Waals surface area contributed by atoms with Crippen LogP contribution in [0.25, 0.3) is 6.08 Å². The highest BCUT2D eigenvalue weighted by Crippen LogP contribution is 2.04. The van der Waals surface area contributed by atoms with E-state index >= 15 is 0 Å². The molecule has 0 unspecified atom stereocenters. The zero-order chi connectivity index (χ0) is 15.2. The molecule has 1 aromatic heterocycles. The molecule has 0 radical (unpaired) electrons. The van der Waals surface area contributed by atoms with Crippen molar-refractivity contribution in [2.75, 3.05) is 14.1 Å². The third-order valence-corrected chi connectivity index (χ3v) is 2.91. The molecule has 0 amide bonds. The van der Waals surface area contributed by atoms with Crippen molar-refractivity contribution in [3.63, 3.8) is 0 Å². The highest BCUT2D eigenvalue weighted by atomic mass is 16.1. The Morgan fingerprint density at radius 3 is 2.67 bits per heavy atom. The van der Waals surface area contributed by atoms with Crippen LogP contribution >= 0.6 is 0 Å². The van der Waals surface area contributed by atoms with Crippen LogP contribution in [0, 0.1) is 11.3 Å². The molecule has 0 saturated heterocycles. The Labute approximate surface area is 123 Å². The van der Waals surface area contributed by atoms with Gasteiger partial charge in [-0.25, -0.2) is 4.98 Å². The summed E-state index contributed by atoms with van der Waals surface area (Å²) >= 11 is 0. The number of nitriles is 1. The molecule has 0 aliphatic rings. The second-order valence-corrected chi connectivity index (χ2v) is 4.81. The predicted molar refractivity (Wildman–Crippen MR) is 81.5 cm³/mol. The van der Waals surface area contributed by atoms with Gasteiger partial charge in [-0.1, -0.05) is 30.3 Å². The van der Waals surface area contributed by atoms with Crippen LogP contribution in [0.4, 0.5) is 0 Å². The molecule has 0 N–H and O–H groups in total. The Bertz CT molecular complexity index is 739. The molecule has 5 heteroatoms. The largest absolute Gasteiger partial charge is 0.383 e. The lowest BCUT2D eigenvalue weighted by molar-refractivity contribution is 0.567. The monoisotopic (exact) mass is 280 g/mol. The Morgan fingerprint density at radius 1 is 1.33 bits per heavy atom. The fraction of sp³-hybridized carbons (Fsp3) is 0.188. The minimum absolute atomic E-state index is 0.0616. The van der Waals surface area contributed by atoms with Gasteiger partial charge < -0.3 is 4.90 Å². The summed E-state index contributed by atoms with van der Waals surface area (Å²) in [5.41, 5.74) is 1.11. The molecule has 0 fully saturated rings. The van der Waals surface area contributed by atoms with E-state index in [1.54, 1.807) is 12.3 Å². The number of hydrogen-bond acceptors (Lipinski definition) is 4. The second-order valence-electron chi connectivity index (χ2n) is 4.81. The molecule has 0 bridgehead atoms. The third-order valence-electron chi connectivity index (χ3n) is 2.91. The fourth-order valence-electron chi connectivity index (χ4n) is 1.85. The van der Waals surface area contributed by atoms with Crippen LogP contribution in [0.15, 0.2) is 47.7 Å². The molecule has 106 valence electrons. The van der Waals surface area contributed by atoms with Crippen molar-refractivity contribution in [3.8, 4) is 6.07 Å². The predicted octanol–water partition coefficient (Wildman–Crippen LogP) is 1.70. The number of benzene rings is 1. The lowest BCUT2D eigenvalue weighted by atomic mass is 10.2. The zero-order valence-corrected chi connectivity index (χ0v) is 12.0. The maximum Gasteiger partial charge on any atom is 0.272 e. The summed E-state index contributed by atoms with van der Waals surface area (Å²) in [7, 11) is 3.72. The molecule has 1 aromatic carbocycles. The smallest absolute Gasteiger partial charge is 0.272 e. The summed E-state index contributed by atoms with van der Waals surface area (Å²) in [5, 5.41) is 9.20. The van der Waals surface area contributed by atoms with Gasteiger partial charge >= 0.3 is 0 Å². The molecule has 21 heavy (non-hydrogen) atoms. The number of nitrogens with zero attached hydrogens (tertiary/aromatic N) is 4. The summed E-state index contributed by atoms with van der Waals surface area (Å²) in [4.78, 5) is 18.3. The summed E-state index contributed by atoms with van der Waals surface area (Å²) in [6.45, 7) is 0.402. The van der Waals surface area contributed by atoms with Crippen LogP contribution in [0.2, 0.25) is 0 Å². The SMILES string of the molecule is CN(C)/C=C/c1ncn(Cc2ccccc2)c(=O)c1C#N. The highest BCUT2D eigenvalue weighted by Gasteiger charge is 2.09. The van der Waals surface area contributed by atoms with E-state index in [1.807, 2.05) is 55.4 Å². The molecule has 1 heterocycles. The van der Waals surface area contributed by atoms with Gasteiger partial charge in [0.25, 0.3) is 5.56 Å². The van der Waals surface area contributed by atoms with Crippen molar-refractivity contribution in [2.24, 2.45) is 0 Å². The summed E-state index contributed by atoms with van der Waals surface area (Å²) in [5.74, 6) is 0. The molecule has 5 nitrogen and oxygen atoms in total. The van der Waals surface area contributed by atoms with E-state index in [0.717, 1.165) is 5.56 Å². The fourth-order valence-corrected chi connectivity index (χ4v) is 1.85. The van der Waals surface area contributed by atoms with Crippen molar-refractivity contribution < 1.29 is 0 Å². The van der Waals surface area contributed by atoms with Crippen LogP contribution in [-0.2, 0) is 6.54 Å². The molecule has 0 aliphatic heterocycles. The highest BCUT2D eigenvalue weighted by molar-refractivity contribution is 5.52. The first kappa shape index (κ1) is 14.5. The molecule has 2 aromatic rings. The van der Waals surface area contributed by atoms with Gasteiger partial charge in [0.1, 0.15) is 11.6 Å². The van der Waals surface area contributed by atoms with E-state index in [4.69, 9.17) is 0 Å². The van der Waals surface area contributed by atoms with Gasteiger partial charge in [0, 0.05) is 20.3 Å². The first-order valence-corrected chi connectivity index (χ1v) is 6.50. The lowest BCUT2D eigenvalue weighted by Gasteiger charge is -2.08. The van der Waals surface area contributed by atoms with Crippen LogP contribution in [0.3, 0.4) is 0 Å². The van der Waals surface area contributed by atoms with Crippen molar-refractivity contribution in [1.29, 1.82) is 5.26 Å². The molecule has 0 atom stereocenters. The van der Waals surface area contributed by atoms with Crippen LogP contribution in [0.1, 0.15) is 16.8 Å². The van der Waals surface area contributed by atoms with E-state index in [1.165, 1.54) is 10.9 Å². The maximum atomic E-state index is 12.3. The Hall–Kier alpha value is -2.87. The van der Waals surface area contributed by atoms with E-state index in [2.05, 4.69) is 4.98 Å². The van der Waals surface area contributed by atoms with Crippen molar-refractivity contribution >= 4 is 6.08 Å². The minimum atomic E-state index is -0.324. The Morgan fingerprint density at radius 2 is 2.05 bits per heavy atom. The van der Waals surface area contributed by atoms with Crippen molar-refractivity contribution in [1.82, 2.24) is 14.5 Å². The van der Waals surface area contributed by atoms with Gasteiger partial charge in [-0.05, 0) is 11.6 Å². The maximum absolute atomic E-state index is 12.3. The number of aromatic nitrogens is 2. The van der Waals surface area contributed by atoms with Gasteiger partial charge in [-0.2, -0.15) is 5.26 Å². The van der Waals surface area contributed by atoms with E-state index < -0.39 is 0 Å². The molecule has 0 aliphatic carbocycles. The summed E-state index contributed by atoms with van der Waals surface area (Å²) in [6, 6.07) is 11.5. The zero-order valence-electron chi connectivity index (χ0n) is 12.0. The third kappa shape index (κ3) is 3.57. The topological polar surface area (TPSA) is 61.9 Å². The first-order valence-electron chi connectivity index (χ1n) is 6.50. The van der Waals surface area contributed by atoms with Gasteiger partial charge in [-0.3, -0.25) is 9.36 Å². The average Bonchev–Trinajstić information content (AvgIpc) is 2.48. The second kappa shape index (κ2) is 6.53. The normalized spacial score (nSPS) is 10.5. The van der Waals surface area contributed by atoms with E-state index in [9.17, 15) is 10.1 Å². The summed E-state index contributed by atoms with van der Waals surface area (Å²) in [6.07, 6.45) is 4.89. The van der Waals surface area contributed by atoms with Crippen molar-refractivity contribution in [3.05, 3.63) is 70.0 Å². The quantitative estimate of drug-likeness (QED) is 0.855. The molecule has 2 rings (SSSR count). The standard InChI is InChI=1S/C16H16N4O/c1-19(2)9-8-15-14(10-17)16(21)20(12-18-15)11-13-6-4-3-5-7-13/h3-9,12H,11H2,1-2H3/b9-8+. The van der Waals surface area contributed by atoms with Gasteiger partial charge in [0.05, 0.1) is 18.6 Å². The minimum Gasteiger partial charge on any atom is -0.383 e. The lowest BCUT2D eigenvalue weighted by Crippen LogP contribution is -2.24. The summed E-state index contributed by atoms with van der Waals surface area (Å²) < 4.78 is 1.45. The molecular weight excluding hydrogens is 264 g/mol.